The van der Waals surface area contributed by atoms with E-state index in [1.54, 1.807) is 6.92 Å². The molecule has 11 heteroatoms. The van der Waals surface area contributed by atoms with Crippen molar-refractivity contribution in [2.75, 3.05) is 12.3 Å². The van der Waals surface area contributed by atoms with Crippen molar-refractivity contribution in [2.45, 2.75) is 63.9 Å². The largest absolute Gasteiger partial charge is 0.387 e. The number of aromatic nitrogens is 4. The lowest BCUT2D eigenvalue weighted by Gasteiger charge is -2.26. The van der Waals surface area contributed by atoms with Crippen LogP contribution in [-0.4, -0.2) is 66.8 Å². The van der Waals surface area contributed by atoms with Gasteiger partial charge in [0.2, 0.25) is 5.91 Å². The molecule has 1 amide bonds. The topological polar surface area (TPSA) is 158 Å². The number of hydrogen-bond donors (Lipinski definition) is 4. The molecule has 1 aliphatic rings. The average molecular weight is 418 g/mol. The minimum atomic E-state index is -1.34. The smallest absolute Gasteiger partial charge is 0.221 e. The number of aliphatic hydroxyl groups is 2. The Balaban J connectivity index is 1.81. The lowest BCUT2D eigenvalue weighted by atomic mass is 10.1. The molecule has 0 bridgehead atoms. The van der Waals surface area contributed by atoms with Gasteiger partial charge in [0, 0.05) is 12.8 Å². The van der Waals surface area contributed by atoms with Gasteiger partial charge in [0.25, 0.3) is 0 Å². The Labute approximate surface area is 173 Å². The molecule has 0 aliphatic carbocycles. The van der Waals surface area contributed by atoms with Gasteiger partial charge in [0.1, 0.15) is 36.8 Å². The fourth-order valence-corrected chi connectivity index (χ4v) is 3.10. The average Bonchev–Trinajstić information content (AvgIpc) is 3.29. The molecule has 162 valence electrons. The number of nitrogens with two attached hydrogens (primary N) is 1. The molecular weight excluding hydrogens is 392 g/mol. The number of unbranched alkanes of at least 4 members (excludes halogenated alkanes) is 1. The molecule has 0 radical (unpaired) electrons. The molecule has 2 aromatic rings. The molecule has 5 N–H and O–H groups in total. The maximum atomic E-state index is 12.0. The summed E-state index contributed by atoms with van der Waals surface area (Å²) in [7, 11) is 0. The number of nitrogen functional groups attached to an aromatic ring is 1. The number of rotatable bonds is 7. The molecule has 2 aromatic heterocycles. The highest BCUT2D eigenvalue weighted by Crippen LogP contribution is 2.33. The van der Waals surface area contributed by atoms with Crippen LogP contribution in [0.5, 0.6) is 0 Å². The Kier molecular flexibility index (Phi) is 7.17. The molecular formula is C19H26N6O5. The molecule has 30 heavy (non-hydrogen) atoms. The van der Waals surface area contributed by atoms with E-state index >= 15 is 0 Å². The highest BCUT2D eigenvalue weighted by atomic mass is 16.6. The third kappa shape index (κ3) is 4.52. The molecule has 5 atom stereocenters. The van der Waals surface area contributed by atoms with Gasteiger partial charge in [-0.15, -0.1) is 5.92 Å². The van der Waals surface area contributed by atoms with E-state index in [1.165, 1.54) is 17.2 Å². The molecule has 11 nitrogen and oxygen atoms in total. The summed E-state index contributed by atoms with van der Waals surface area (Å²) < 4.78 is 13.0. The lowest BCUT2D eigenvalue weighted by molar-refractivity contribution is -0.138. The molecule has 1 aliphatic heterocycles. The van der Waals surface area contributed by atoms with Crippen LogP contribution in [0.3, 0.4) is 0 Å². The van der Waals surface area contributed by atoms with Crippen LogP contribution in [0.1, 0.15) is 39.3 Å². The Morgan fingerprint density at radius 1 is 1.33 bits per heavy atom. The van der Waals surface area contributed by atoms with Crippen molar-refractivity contribution in [2.24, 2.45) is 0 Å². The Morgan fingerprint density at radius 3 is 2.87 bits per heavy atom. The van der Waals surface area contributed by atoms with E-state index < -0.39 is 30.8 Å². The molecule has 0 spiro atoms. The van der Waals surface area contributed by atoms with Crippen molar-refractivity contribution in [3.05, 3.63) is 12.7 Å². The van der Waals surface area contributed by atoms with Crippen LogP contribution < -0.4 is 11.1 Å². The first kappa shape index (κ1) is 21.9. The van der Waals surface area contributed by atoms with Crippen molar-refractivity contribution >= 4 is 22.9 Å². The van der Waals surface area contributed by atoms with Crippen molar-refractivity contribution in [3.63, 3.8) is 0 Å². The zero-order valence-electron chi connectivity index (χ0n) is 16.9. The number of carbonyl (C=O) groups excluding carboxylic acids is 1. The summed E-state index contributed by atoms with van der Waals surface area (Å²) in [6, 6.07) is 0. The second kappa shape index (κ2) is 9.82. The van der Waals surface area contributed by atoms with Gasteiger partial charge in [-0.3, -0.25) is 9.36 Å². The number of aliphatic hydroxyl groups excluding tert-OH is 2. The van der Waals surface area contributed by atoms with Crippen molar-refractivity contribution in [1.29, 1.82) is 0 Å². The second-order valence-corrected chi connectivity index (χ2v) is 6.81. The Morgan fingerprint density at radius 2 is 2.13 bits per heavy atom. The van der Waals surface area contributed by atoms with E-state index in [0.717, 1.165) is 12.8 Å². The first-order valence-electron chi connectivity index (χ1n) is 9.79. The molecule has 3 rings (SSSR count). The van der Waals surface area contributed by atoms with E-state index in [9.17, 15) is 15.0 Å². The summed E-state index contributed by atoms with van der Waals surface area (Å²) in [5, 5.41) is 23.9. The van der Waals surface area contributed by atoms with Crippen LogP contribution >= 0.6 is 0 Å². The summed E-state index contributed by atoms with van der Waals surface area (Å²) in [5.41, 5.74) is 6.50. The first-order valence-corrected chi connectivity index (χ1v) is 9.79. The molecule has 3 heterocycles. The quantitative estimate of drug-likeness (QED) is 0.350. The third-order valence-corrected chi connectivity index (χ3v) is 4.69. The SMILES string of the molecule is CCCC#CCOC(NC(=O)CC)[C@H]1O[C@@H](n2cnc3c(N)ncnc32)[C@H](O)[C@@H]1O. The number of carbonyl (C=O) groups is 1. The number of nitrogens with zero attached hydrogens (tertiary/aromatic N) is 4. The number of amides is 1. The number of hydrogen-bond acceptors (Lipinski definition) is 9. The van der Waals surface area contributed by atoms with Gasteiger partial charge in [0.05, 0.1) is 6.33 Å². The Bertz CT molecular complexity index is 938. The first-order chi connectivity index (χ1) is 14.5. The van der Waals surface area contributed by atoms with Crippen molar-refractivity contribution < 1.29 is 24.5 Å². The molecule has 0 aromatic carbocycles. The van der Waals surface area contributed by atoms with Crippen LogP contribution in [0.2, 0.25) is 0 Å². The predicted molar refractivity (Wildman–Crippen MR) is 107 cm³/mol. The minimum Gasteiger partial charge on any atom is -0.387 e. The van der Waals surface area contributed by atoms with E-state index in [4.69, 9.17) is 15.2 Å². The molecule has 1 unspecified atom stereocenters. The van der Waals surface area contributed by atoms with Crippen LogP contribution in [0.4, 0.5) is 5.82 Å². The summed E-state index contributed by atoms with van der Waals surface area (Å²) in [5.74, 6) is 5.70. The fourth-order valence-electron chi connectivity index (χ4n) is 3.10. The van der Waals surface area contributed by atoms with Gasteiger partial charge in [-0.1, -0.05) is 19.8 Å². The summed E-state index contributed by atoms with van der Waals surface area (Å²) in [4.78, 5) is 24.1. The highest BCUT2D eigenvalue weighted by molar-refractivity contribution is 5.81. The summed E-state index contributed by atoms with van der Waals surface area (Å²) in [6.07, 6.45) is -1.16. The van der Waals surface area contributed by atoms with E-state index in [0.29, 0.717) is 11.2 Å². The van der Waals surface area contributed by atoms with Gasteiger partial charge < -0.3 is 30.7 Å². The van der Waals surface area contributed by atoms with Gasteiger partial charge in [-0.2, -0.15) is 0 Å². The molecule has 0 saturated carbocycles. The van der Waals surface area contributed by atoms with Gasteiger partial charge in [-0.25, -0.2) is 15.0 Å². The van der Waals surface area contributed by atoms with Crippen LogP contribution in [0, 0.1) is 11.8 Å². The van der Waals surface area contributed by atoms with Crippen molar-refractivity contribution in [1.82, 2.24) is 24.8 Å². The Hall–Kier alpha value is -2.78. The van der Waals surface area contributed by atoms with Crippen molar-refractivity contribution in [3.8, 4) is 11.8 Å². The summed E-state index contributed by atoms with van der Waals surface area (Å²) in [6.45, 7) is 3.75. The van der Waals surface area contributed by atoms with E-state index in [-0.39, 0.29) is 24.8 Å². The number of fused-ring (bicyclic) bond motifs is 1. The summed E-state index contributed by atoms with van der Waals surface area (Å²) >= 11 is 0. The van der Waals surface area contributed by atoms with E-state index in [2.05, 4.69) is 32.1 Å². The minimum absolute atomic E-state index is 0.0414. The monoisotopic (exact) mass is 418 g/mol. The highest BCUT2D eigenvalue weighted by Gasteiger charge is 2.48. The maximum absolute atomic E-state index is 12.0. The van der Waals surface area contributed by atoms with Crippen LogP contribution in [0.25, 0.3) is 11.2 Å². The normalized spacial score (nSPS) is 24.4. The predicted octanol–water partition coefficient (Wildman–Crippen LogP) is -0.300. The molecule has 1 fully saturated rings. The molecule has 1 saturated heterocycles. The zero-order valence-corrected chi connectivity index (χ0v) is 16.9. The number of imidazole rings is 1. The standard InChI is InChI=1S/C19H26N6O5/c1-3-5-6-7-8-29-18(24-11(26)4-2)15-13(27)14(28)19(30-15)25-10-23-12-16(20)21-9-22-17(12)25/h9-10,13-15,18-19,27-28H,3-5,8H2,1-2H3,(H,24,26)(H2,20,21,22)/t13-,14+,15-,18?,19+/m0/s1. The zero-order chi connectivity index (χ0) is 21.7. The second-order valence-electron chi connectivity index (χ2n) is 6.81. The van der Waals surface area contributed by atoms with Gasteiger partial charge in [0.15, 0.2) is 23.9 Å². The fraction of sp³-hybridized carbons (Fsp3) is 0.579. The number of ether oxygens (including phenoxy) is 2. The van der Waals surface area contributed by atoms with Gasteiger partial charge in [-0.05, 0) is 6.42 Å². The van der Waals surface area contributed by atoms with Gasteiger partial charge >= 0.3 is 0 Å². The third-order valence-electron chi connectivity index (χ3n) is 4.69. The lowest BCUT2D eigenvalue weighted by Crippen LogP contribution is -2.50. The number of nitrogens with one attached hydrogen (secondary N) is 1. The van der Waals surface area contributed by atoms with Crippen LogP contribution in [0.15, 0.2) is 12.7 Å². The van der Waals surface area contributed by atoms with E-state index in [1.807, 2.05) is 6.92 Å². The maximum Gasteiger partial charge on any atom is 0.221 e. The van der Waals surface area contributed by atoms with Crippen LogP contribution in [-0.2, 0) is 14.3 Å². The number of anilines is 1.